The van der Waals surface area contributed by atoms with Gasteiger partial charge in [-0.15, -0.1) is 22.7 Å². The second-order valence-electron chi connectivity index (χ2n) is 6.87. The zero-order valence-electron chi connectivity index (χ0n) is 15.7. The molecule has 1 aliphatic rings. The van der Waals surface area contributed by atoms with Crippen molar-refractivity contribution in [1.82, 2.24) is 20.3 Å². The van der Waals surface area contributed by atoms with E-state index in [1.165, 1.54) is 11.3 Å². The third kappa shape index (κ3) is 3.77. The van der Waals surface area contributed by atoms with E-state index in [0.29, 0.717) is 35.4 Å². The number of hydrogen-bond donors (Lipinski definition) is 4. The van der Waals surface area contributed by atoms with Gasteiger partial charge in [-0.1, -0.05) is 6.07 Å². The van der Waals surface area contributed by atoms with Crippen LogP contribution in [0.2, 0.25) is 0 Å². The number of aliphatic hydroxyl groups is 1. The highest BCUT2D eigenvalue weighted by atomic mass is 32.1. The van der Waals surface area contributed by atoms with Crippen LogP contribution < -0.4 is 16.0 Å². The molecule has 5 heterocycles. The van der Waals surface area contributed by atoms with Crippen LogP contribution in [-0.4, -0.2) is 51.2 Å². The van der Waals surface area contributed by atoms with Crippen LogP contribution in [-0.2, 0) is 0 Å². The topological polar surface area (TPSA) is 112 Å². The van der Waals surface area contributed by atoms with Crippen LogP contribution in [0.4, 0.5) is 11.6 Å². The maximum Gasteiger partial charge on any atom is 0.266 e. The molecule has 0 aromatic carbocycles. The molecule has 0 bridgehead atoms. The fourth-order valence-electron chi connectivity index (χ4n) is 3.30. The van der Waals surface area contributed by atoms with Gasteiger partial charge < -0.3 is 21.1 Å². The number of aromatic nitrogens is 3. The normalized spacial score (nSPS) is 18.6. The van der Waals surface area contributed by atoms with Gasteiger partial charge in [0.1, 0.15) is 11.6 Å². The predicted octanol–water partition coefficient (Wildman–Crippen LogP) is 2.81. The largest absolute Gasteiger partial charge is 0.390 e. The summed E-state index contributed by atoms with van der Waals surface area (Å²) >= 11 is 2.93. The van der Waals surface area contributed by atoms with Gasteiger partial charge in [-0.25, -0.2) is 15.0 Å². The lowest BCUT2D eigenvalue weighted by Gasteiger charge is -2.17. The Labute approximate surface area is 180 Å². The maximum atomic E-state index is 12.3. The van der Waals surface area contributed by atoms with Crippen molar-refractivity contribution in [3.8, 4) is 11.4 Å². The molecule has 0 aliphatic carbocycles. The minimum atomic E-state index is -0.474. The van der Waals surface area contributed by atoms with Crippen molar-refractivity contribution >= 4 is 50.4 Å². The molecular formula is C20H18N6O2S2. The summed E-state index contributed by atoms with van der Waals surface area (Å²) in [6.45, 7) is 1.22. The molecule has 5 rings (SSSR count). The Hall–Kier alpha value is -2.92. The lowest BCUT2D eigenvalue weighted by atomic mass is 10.2. The molecule has 4 aromatic heterocycles. The first-order chi connectivity index (χ1) is 14.7. The summed E-state index contributed by atoms with van der Waals surface area (Å²) in [7, 11) is 0. The van der Waals surface area contributed by atoms with E-state index in [-0.39, 0.29) is 11.9 Å². The number of anilines is 2. The summed E-state index contributed by atoms with van der Waals surface area (Å²) in [4.78, 5) is 26.6. The Kier molecular flexibility index (Phi) is 5.13. The van der Waals surface area contributed by atoms with Gasteiger partial charge in [0.15, 0.2) is 5.82 Å². The van der Waals surface area contributed by atoms with Gasteiger partial charge >= 0.3 is 0 Å². The van der Waals surface area contributed by atoms with Crippen molar-refractivity contribution in [2.24, 2.45) is 0 Å². The van der Waals surface area contributed by atoms with E-state index in [4.69, 9.17) is 4.98 Å². The summed E-state index contributed by atoms with van der Waals surface area (Å²) in [5.74, 6) is 1.45. The van der Waals surface area contributed by atoms with E-state index in [0.717, 1.165) is 15.8 Å². The highest BCUT2D eigenvalue weighted by Gasteiger charge is 2.26. The van der Waals surface area contributed by atoms with Gasteiger partial charge in [0, 0.05) is 24.8 Å². The minimum Gasteiger partial charge on any atom is -0.390 e. The number of pyridine rings is 1. The van der Waals surface area contributed by atoms with Gasteiger partial charge in [-0.3, -0.25) is 4.79 Å². The van der Waals surface area contributed by atoms with E-state index in [1.807, 2.05) is 29.0 Å². The lowest BCUT2D eigenvalue weighted by Crippen LogP contribution is -2.32. The van der Waals surface area contributed by atoms with E-state index >= 15 is 0 Å². The van der Waals surface area contributed by atoms with Gasteiger partial charge in [0.05, 0.1) is 27.2 Å². The number of carbonyl (C=O) groups excluding carboxylic acids is 1. The fourth-order valence-corrected chi connectivity index (χ4v) is 4.70. The average Bonchev–Trinajstić information content (AvgIpc) is 3.51. The van der Waals surface area contributed by atoms with Crippen molar-refractivity contribution in [2.45, 2.75) is 12.1 Å². The molecule has 4 aromatic rings. The second kappa shape index (κ2) is 8.07. The molecule has 10 heteroatoms. The summed E-state index contributed by atoms with van der Waals surface area (Å²) < 4.78 is 0.943. The van der Waals surface area contributed by atoms with E-state index in [1.54, 1.807) is 29.7 Å². The molecule has 1 saturated heterocycles. The number of carbonyl (C=O) groups is 1. The van der Waals surface area contributed by atoms with Gasteiger partial charge in [0.25, 0.3) is 5.91 Å². The molecular weight excluding hydrogens is 420 g/mol. The smallest absolute Gasteiger partial charge is 0.266 e. The van der Waals surface area contributed by atoms with Crippen LogP contribution in [0.1, 0.15) is 9.67 Å². The first-order valence-electron chi connectivity index (χ1n) is 9.39. The van der Waals surface area contributed by atoms with Crippen molar-refractivity contribution in [1.29, 1.82) is 0 Å². The average molecular weight is 439 g/mol. The Morgan fingerprint density at radius 1 is 1.17 bits per heavy atom. The van der Waals surface area contributed by atoms with Crippen LogP contribution in [0.15, 0.2) is 47.3 Å². The first-order valence-corrected chi connectivity index (χ1v) is 11.1. The molecule has 152 valence electrons. The number of nitrogens with one attached hydrogen (secondary N) is 3. The molecule has 1 aliphatic heterocycles. The van der Waals surface area contributed by atoms with Crippen LogP contribution >= 0.6 is 22.7 Å². The van der Waals surface area contributed by atoms with Crippen molar-refractivity contribution in [3.05, 3.63) is 52.2 Å². The number of β-amino-alcohol motifs (C(OH)–C–C–N with tert-alkyl or cyclic N) is 1. The summed E-state index contributed by atoms with van der Waals surface area (Å²) in [5.41, 5.74) is 1.57. The van der Waals surface area contributed by atoms with Crippen LogP contribution in [0.25, 0.3) is 21.6 Å². The number of nitrogens with zero attached hydrogens (tertiary/aromatic N) is 3. The highest BCUT2D eigenvalue weighted by molar-refractivity contribution is 7.17. The van der Waals surface area contributed by atoms with E-state index in [9.17, 15) is 9.90 Å². The van der Waals surface area contributed by atoms with E-state index < -0.39 is 6.10 Å². The SMILES string of the molecule is O=C(Nc1cc(-c2nc(NC3CNC[C@@H]3O)c3sccc3n2)ccn1)c1cccs1. The van der Waals surface area contributed by atoms with Gasteiger partial charge in [-0.2, -0.15) is 0 Å². The number of hydrogen-bond acceptors (Lipinski definition) is 9. The monoisotopic (exact) mass is 438 g/mol. The molecule has 4 N–H and O–H groups in total. The Bertz CT molecular complexity index is 1190. The fraction of sp³-hybridized carbons (Fsp3) is 0.200. The number of thiophene rings is 2. The molecule has 1 unspecified atom stereocenters. The van der Waals surface area contributed by atoms with Crippen LogP contribution in [0, 0.1) is 0 Å². The molecule has 1 amide bonds. The number of aliphatic hydroxyl groups excluding tert-OH is 1. The number of amides is 1. The summed E-state index contributed by atoms with van der Waals surface area (Å²) in [6, 6.07) is 9.00. The summed E-state index contributed by atoms with van der Waals surface area (Å²) in [6.07, 6.45) is 1.15. The highest BCUT2D eigenvalue weighted by Crippen LogP contribution is 2.30. The third-order valence-corrected chi connectivity index (χ3v) is 6.59. The molecule has 8 nitrogen and oxygen atoms in total. The van der Waals surface area contributed by atoms with Gasteiger partial charge in [-0.05, 0) is 35.0 Å². The second-order valence-corrected chi connectivity index (χ2v) is 8.73. The molecule has 0 radical (unpaired) electrons. The molecule has 0 spiro atoms. The molecule has 30 heavy (non-hydrogen) atoms. The minimum absolute atomic E-state index is 0.115. The standard InChI is InChI=1S/C20H18N6O2S2/c27-14-10-21-9-13(14)24-19-17-12(4-7-30-17)23-18(26-19)11-3-5-22-16(8-11)25-20(28)15-2-1-6-29-15/h1-8,13-14,21,27H,9-10H2,(H,22,25,28)(H,23,24,26)/t13?,14-/m0/s1. The van der Waals surface area contributed by atoms with Crippen molar-refractivity contribution in [2.75, 3.05) is 23.7 Å². The quantitative estimate of drug-likeness (QED) is 0.379. The number of rotatable bonds is 5. The molecule has 1 fully saturated rings. The first kappa shape index (κ1) is 19.1. The predicted molar refractivity (Wildman–Crippen MR) is 119 cm³/mol. The Morgan fingerprint density at radius 2 is 2.10 bits per heavy atom. The van der Waals surface area contributed by atoms with E-state index in [2.05, 4.69) is 25.9 Å². The van der Waals surface area contributed by atoms with Gasteiger partial charge in [0.2, 0.25) is 0 Å². The maximum absolute atomic E-state index is 12.3. The van der Waals surface area contributed by atoms with Crippen LogP contribution in [0.5, 0.6) is 0 Å². The van der Waals surface area contributed by atoms with Crippen molar-refractivity contribution in [3.63, 3.8) is 0 Å². The molecule has 0 saturated carbocycles. The molecule has 2 atom stereocenters. The van der Waals surface area contributed by atoms with Crippen molar-refractivity contribution < 1.29 is 9.90 Å². The Morgan fingerprint density at radius 3 is 2.90 bits per heavy atom. The third-order valence-electron chi connectivity index (χ3n) is 4.81. The Balaban J connectivity index is 1.46. The zero-order valence-corrected chi connectivity index (χ0v) is 17.3. The zero-order chi connectivity index (χ0) is 20.5. The number of fused-ring (bicyclic) bond motifs is 1. The van der Waals surface area contributed by atoms with Crippen LogP contribution in [0.3, 0.4) is 0 Å². The lowest BCUT2D eigenvalue weighted by molar-refractivity contribution is 0.103. The summed E-state index contributed by atoms with van der Waals surface area (Å²) in [5, 5.41) is 23.3.